The lowest BCUT2D eigenvalue weighted by Gasteiger charge is -2.30. The van der Waals surface area contributed by atoms with Gasteiger partial charge in [-0.1, -0.05) is 6.92 Å². The summed E-state index contributed by atoms with van der Waals surface area (Å²) >= 11 is 0. The average Bonchev–Trinajstić information content (AvgIpc) is 2.55. The van der Waals surface area contributed by atoms with E-state index in [1.807, 2.05) is 6.92 Å². The summed E-state index contributed by atoms with van der Waals surface area (Å²) in [6.07, 6.45) is 2.17. The van der Waals surface area contributed by atoms with Gasteiger partial charge >= 0.3 is 5.97 Å². The van der Waals surface area contributed by atoms with Crippen molar-refractivity contribution < 1.29 is 14.6 Å². The van der Waals surface area contributed by atoms with E-state index in [2.05, 4.69) is 23.8 Å². The van der Waals surface area contributed by atoms with Crippen molar-refractivity contribution in [3.8, 4) is 0 Å². The number of ether oxygens (including phenoxy) is 1. The average molecular weight is 272 g/mol. The summed E-state index contributed by atoms with van der Waals surface area (Å²) < 4.78 is 5.28. The first-order chi connectivity index (χ1) is 9.08. The molecule has 5 heteroatoms. The Morgan fingerprint density at radius 3 is 2.74 bits per heavy atom. The van der Waals surface area contributed by atoms with E-state index in [0.29, 0.717) is 19.1 Å². The molecule has 0 spiro atoms. The molecule has 0 bridgehead atoms. The fourth-order valence-corrected chi connectivity index (χ4v) is 2.74. The molecule has 1 aliphatic heterocycles. The quantitative estimate of drug-likeness (QED) is 0.756. The largest absolute Gasteiger partial charge is 0.479 e. The van der Waals surface area contributed by atoms with Crippen LogP contribution in [0.1, 0.15) is 33.1 Å². The maximum atomic E-state index is 11.1. The lowest BCUT2D eigenvalue weighted by molar-refractivity contribution is -0.150. The van der Waals surface area contributed by atoms with Crippen molar-refractivity contribution in [1.82, 2.24) is 9.80 Å². The van der Waals surface area contributed by atoms with E-state index >= 15 is 0 Å². The Balaban J connectivity index is 2.50. The number of aliphatic carboxylic acids is 1. The van der Waals surface area contributed by atoms with Crippen molar-refractivity contribution in [2.45, 2.75) is 45.3 Å². The first-order valence-corrected chi connectivity index (χ1v) is 7.35. The second kappa shape index (κ2) is 8.51. The molecule has 5 nitrogen and oxygen atoms in total. The predicted octanol–water partition coefficient (Wildman–Crippen LogP) is 1.28. The summed E-state index contributed by atoms with van der Waals surface area (Å²) in [5.74, 6) is -0.846. The molecule has 1 rings (SSSR count). The fourth-order valence-electron chi connectivity index (χ4n) is 2.74. The van der Waals surface area contributed by atoms with Crippen LogP contribution in [0.2, 0.25) is 0 Å². The second-order valence-corrected chi connectivity index (χ2v) is 5.28. The fraction of sp³-hybridized carbons (Fsp3) is 0.929. The number of hydrogen-bond acceptors (Lipinski definition) is 4. The van der Waals surface area contributed by atoms with Crippen LogP contribution in [-0.2, 0) is 9.53 Å². The van der Waals surface area contributed by atoms with Crippen LogP contribution in [0.5, 0.6) is 0 Å². The van der Waals surface area contributed by atoms with Gasteiger partial charge in [-0.05, 0) is 46.3 Å². The minimum absolute atomic E-state index is 0.455. The first kappa shape index (κ1) is 16.4. The van der Waals surface area contributed by atoms with Gasteiger partial charge in [-0.15, -0.1) is 0 Å². The third-order valence-electron chi connectivity index (χ3n) is 3.82. The van der Waals surface area contributed by atoms with Gasteiger partial charge in [-0.3, -0.25) is 4.90 Å². The lowest BCUT2D eigenvalue weighted by Crippen LogP contribution is -2.42. The normalized spacial score (nSPS) is 24.1. The zero-order valence-corrected chi connectivity index (χ0v) is 12.5. The summed E-state index contributed by atoms with van der Waals surface area (Å²) in [5, 5.41) is 9.10. The van der Waals surface area contributed by atoms with Crippen molar-refractivity contribution in [2.24, 2.45) is 0 Å². The molecule has 1 saturated heterocycles. The van der Waals surface area contributed by atoms with E-state index in [-0.39, 0.29) is 0 Å². The molecule has 0 aromatic carbocycles. The highest BCUT2D eigenvalue weighted by Gasteiger charge is 2.24. The van der Waals surface area contributed by atoms with Gasteiger partial charge in [0.2, 0.25) is 0 Å². The maximum Gasteiger partial charge on any atom is 0.332 e. The summed E-state index contributed by atoms with van der Waals surface area (Å²) in [4.78, 5) is 15.9. The summed E-state index contributed by atoms with van der Waals surface area (Å²) in [7, 11) is 2.16. The summed E-state index contributed by atoms with van der Waals surface area (Å²) in [6.45, 7) is 8.56. The maximum absolute atomic E-state index is 11.1. The molecule has 0 amide bonds. The third-order valence-corrected chi connectivity index (χ3v) is 3.82. The van der Waals surface area contributed by atoms with Crippen molar-refractivity contribution in [2.75, 3.05) is 39.8 Å². The van der Waals surface area contributed by atoms with Gasteiger partial charge in [0, 0.05) is 25.7 Å². The van der Waals surface area contributed by atoms with Crippen molar-refractivity contribution in [3.63, 3.8) is 0 Å². The molecule has 1 aliphatic rings. The van der Waals surface area contributed by atoms with Gasteiger partial charge in [0.05, 0.1) is 0 Å². The molecule has 1 N–H and O–H groups in total. The van der Waals surface area contributed by atoms with Gasteiger partial charge in [-0.25, -0.2) is 4.79 Å². The number of carboxylic acids is 1. The Morgan fingerprint density at radius 1 is 1.42 bits per heavy atom. The topological polar surface area (TPSA) is 53.0 Å². The standard InChI is InChI=1S/C14H28N2O3/c1-4-12-11-15(3)8-6-9-16(12)10-7-13(14(17)18)19-5-2/h12-13H,4-11H2,1-3H3,(H,17,18). The Morgan fingerprint density at radius 2 is 2.16 bits per heavy atom. The van der Waals surface area contributed by atoms with E-state index in [0.717, 1.165) is 39.0 Å². The molecule has 19 heavy (non-hydrogen) atoms. The first-order valence-electron chi connectivity index (χ1n) is 7.35. The van der Waals surface area contributed by atoms with E-state index in [9.17, 15) is 4.79 Å². The number of likely N-dealkylation sites (N-methyl/N-ethyl adjacent to an activating group) is 1. The van der Waals surface area contributed by atoms with Gasteiger partial charge < -0.3 is 14.7 Å². The Labute approximate surface area is 116 Å². The highest BCUT2D eigenvalue weighted by Crippen LogP contribution is 2.13. The summed E-state index contributed by atoms with van der Waals surface area (Å²) in [6, 6.07) is 0.531. The van der Waals surface area contributed by atoms with Crippen LogP contribution >= 0.6 is 0 Å². The monoisotopic (exact) mass is 272 g/mol. The molecular weight excluding hydrogens is 244 g/mol. The van der Waals surface area contributed by atoms with Gasteiger partial charge in [0.25, 0.3) is 0 Å². The minimum Gasteiger partial charge on any atom is -0.479 e. The number of carbonyl (C=O) groups is 1. The molecule has 1 fully saturated rings. The Hall–Kier alpha value is -0.650. The van der Waals surface area contributed by atoms with Crippen LogP contribution in [0.4, 0.5) is 0 Å². The zero-order valence-electron chi connectivity index (χ0n) is 12.5. The predicted molar refractivity (Wildman–Crippen MR) is 75.4 cm³/mol. The molecule has 0 radical (unpaired) electrons. The zero-order chi connectivity index (χ0) is 14.3. The van der Waals surface area contributed by atoms with E-state index in [1.54, 1.807) is 0 Å². The van der Waals surface area contributed by atoms with Crippen LogP contribution in [0.3, 0.4) is 0 Å². The molecule has 0 saturated carbocycles. The lowest BCUT2D eigenvalue weighted by atomic mass is 10.1. The van der Waals surface area contributed by atoms with Gasteiger partial charge in [0.15, 0.2) is 6.10 Å². The molecule has 0 aliphatic carbocycles. The van der Waals surface area contributed by atoms with Gasteiger partial charge in [0.1, 0.15) is 0 Å². The minimum atomic E-state index is -0.846. The number of nitrogens with zero attached hydrogens (tertiary/aromatic N) is 2. The SMILES string of the molecule is CCOC(CCN1CCCN(C)CC1CC)C(=O)O. The van der Waals surface area contributed by atoms with Crippen LogP contribution in [-0.4, -0.2) is 72.9 Å². The van der Waals surface area contributed by atoms with Crippen molar-refractivity contribution in [3.05, 3.63) is 0 Å². The molecule has 112 valence electrons. The highest BCUT2D eigenvalue weighted by molar-refractivity contribution is 5.72. The van der Waals surface area contributed by atoms with Gasteiger partial charge in [-0.2, -0.15) is 0 Å². The van der Waals surface area contributed by atoms with E-state index in [4.69, 9.17) is 9.84 Å². The van der Waals surface area contributed by atoms with Crippen LogP contribution in [0, 0.1) is 0 Å². The number of rotatable bonds is 7. The molecule has 2 atom stereocenters. The Bertz CT molecular complexity index is 273. The van der Waals surface area contributed by atoms with Crippen molar-refractivity contribution in [1.29, 1.82) is 0 Å². The highest BCUT2D eigenvalue weighted by atomic mass is 16.5. The molecule has 2 unspecified atom stereocenters. The van der Waals surface area contributed by atoms with Crippen LogP contribution in [0.25, 0.3) is 0 Å². The number of carboxylic acid groups (broad SMARTS) is 1. The number of hydrogen-bond donors (Lipinski definition) is 1. The third kappa shape index (κ3) is 5.47. The smallest absolute Gasteiger partial charge is 0.332 e. The summed E-state index contributed by atoms with van der Waals surface area (Å²) in [5.41, 5.74) is 0. The Kier molecular flexibility index (Phi) is 7.34. The molecule has 1 heterocycles. The molecule has 0 aromatic heterocycles. The van der Waals surface area contributed by atoms with Crippen LogP contribution < -0.4 is 0 Å². The van der Waals surface area contributed by atoms with E-state index in [1.165, 1.54) is 0 Å². The molecule has 0 aromatic rings. The second-order valence-electron chi connectivity index (χ2n) is 5.28. The van der Waals surface area contributed by atoms with Crippen LogP contribution in [0.15, 0.2) is 0 Å². The van der Waals surface area contributed by atoms with Crippen molar-refractivity contribution >= 4 is 5.97 Å². The molecular formula is C14H28N2O3. The van der Waals surface area contributed by atoms with E-state index < -0.39 is 12.1 Å².